The average molecular weight is 211 g/mol. The Hall–Kier alpha value is 0.360. The lowest BCUT2D eigenvalue weighted by atomic mass is 10.2. The summed E-state index contributed by atoms with van der Waals surface area (Å²) in [6, 6.07) is 0. The van der Waals surface area contributed by atoms with E-state index in [1.165, 1.54) is 0 Å². The molecule has 0 unspecified atom stereocenters. The summed E-state index contributed by atoms with van der Waals surface area (Å²) in [7, 11) is 5.97. The molecule has 0 radical (unpaired) electrons. The summed E-state index contributed by atoms with van der Waals surface area (Å²) >= 11 is 3.31. The van der Waals surface area contributed by atoms with Crippen molar-refractivity contribution in [2.45, 2.75) is 12.2 Å². The fourth-order valence-electron chi connectivity index (χ4n) is 0.487. The number of hydrogen-bond acceptors (Lipinski definition) is 2. The Morgan fingerprint density at radius 2 is 1.70 bits per heavy atom. The third kappa shape index (κ3) is 2.54. The second-order valence-corrected chi connectivity index (χ2v) is 4.24. The van der Waals surface area contributed by atoms with Crippen molar-refractivity contribution in [1.82, 2.24) is 0 Å². The number of rotatable bonds is 3. The molecule has 0 amide bonds. The first-order valence-electron chi connectivity index (χ1n) is 3.26. The summed E-state index contributed by atoms with van der Waals surface area (Å²) in [6.45, 7) is 0. The Balaban J connectivity index is 4.10. The van der Waals surface area contributed by atoms with Crippen LogP contribution in [-0.4, -0.2) is 36.7 Å². The van der Waals surface area contributed by atoms with E-state index in [4.69, 9.17) is 11.5 Å². The molecule has 0 fully saturated rings. The van der Waals surface area contributed by atoms with E-state index >= 15 is 0 Å². The van der Waals surface area contributed by atoms with Crippen molar-refractivity contribution in [3.05, 3.63) is 0 Å². The molecule has 62 valence electrons. The van der Waals surface area contributed by atoms with Gasteiger partial charge in [-0.15, -0.1) is 0 Å². The predicted octanol–water partition coefficient (Wildman–Crippen LogP) is 0.0488. The Labute approximate surface area is 71.1 Å². The van der Waals surface area contributed by atoms with E-state index in [0.717, 1.165) is 11.8 Å². The van der Waals surface area contributed by atoms with Gasteiger partial charge in [-0.1, -0.05) is 15.9 Å². The second-order valence-electron chi connectivity index (χ2n) is 3.44. The van der Waals surface area contributed by atoms with E-state index in [-0.39, 0.29) is 0 Å². The van der Waals surface area contributed by atoms with Gasteiger partial charge in [0.25, 0.3) is 0 Å². The number of halogens is 1. The van der Waals surface area contributed by atoms with Crippen molar-refractivity contribution >= 4 is 15.9 Å². The zero-order valence-corrected chi connectivity index (χ0v) is 8.48. The molecule has 0 aliphatic carbocycles. The van der Waals surface area contributed by atoms with Crippen LogP contribution in [0.4, 0.5) is 0 Å². The van der Waals surface area contributed by atoms with Gasteiger partial charge in [-0.3, -0.25) is 11.5 Å². The van der Waals surface area contributed by atoms with Crippen LogP contribution in [0.5, 0.6) is 0 Å². The average Bonchev–Trinajstić information content (AvgIpc) is 1.61. The maximum absolute atomic E-state index is 5.82. The Morgan fingerprint density at radius 1 is 1.30 bits per heavy atom. The quantitative estimate of drug-likeness (QED) is 0.393. The predicted molar refractivity (Wildman–Crippen MR) is 47.5 cm³/mol. The van der Waals surface area contributed by atoms with E-state index in [2.05, 4.69) is 15.9 Å². The third-order valence-corrected chi connectivity index (χ3v) is 2.14. The first-order chi connectivity index (χ1) is 4.31. The SMILES string of the molecule is C[N+](C)(C)C(N)(N)CCBr. The molecular formula is C6H17BrN3+. The molecule has 0 aliphatic rings. The van der Waals surface area contributed by atoms with E-state index in [1.54, 1.807) is 0 Å². The molecule has 0 bridgehead atoms. The van der Waals surface area contributed by atoms with E-state index in [9.17, 15) is 0 Å². The van der Waals surface area contributed by atoms with Crippen LogP contribution in [0.15, 0.2) is 0 Å². The molecule has 4 N–H and O–H groups in total. The topological polar surface area (TPSA) is 52.0 Å². The summed E-state index contributed by atoms with van der Waals surface area (Å²) in [5.41, 5.74) is 11.6. The summed E-state index contributed by atoms with van der Waals surface area (Å²) in [4.78, 5) is 0. The largest absolute Gasteiger partial charge is 0.301 e. The standard InChI is InChI=1S/C6H17BrN3/c1-10(2,3)6(8,9)4-5-7/h4-5,8-9H2,1-3H3/q+1. The normalized spacial score (nSPS) is 13.8. The van der Waals surface area contributed by atoms with Gasteiger partial charge in [0.15, 0.2) is 0 Å². The van der Waals surface area contributed by atoms with E-state index in [0.29, 0.717) is 4.48 Å². The zero-order chi connectivity index (χ0) is 8.41. The van der Waals surface area contributed by atoms with E-state index < -0.39 is 5.79 Å². The highest BCUT2D eigenvalue weighted by Crippen LogP contribution is 2.10. The Morgan fingerprint density at radius 3 is 1.80 bits per heavy atom. The fourth-order valence-corrected chi connectivity index (χ4v) is 1.12. The van der Waals surface area contributed by atoms with Crippen LogP contribution < -0.4 is 11.5 Å². The van der Waals surface area contributed by atoms with Gasteiger partial charge in [0.2, 0.25) is 5.79 Å². The van der Waals surface area contributed by atoms with Crippen molar-refractivity contribution in [3.8, 4) is 0 Å². The smallest absolute Gasteiger partial charge is 0.205 e. The van der Waals surface area contributed by atoms with Crippen LogP contribution in [0.2, 0.25) is 0 Å². The number of alkyl halides is 1. The highest BCUT2D eigenvalue weighted by Gasteiger charge is 2.33. The Kier molecular flexibility index (Phi) is 3.29. The van der Waals surface area contributed by atoms with Gasteiger partial charge in [0, 0.05) is 11.8 Å². The molecule has 4 heteroatoms. The molecule has 0 atom stereocenters. The van der Waals surface area contributed by atoms with Crippen molar-refractivity contribution in [2.75, 3.05) is 26.5 Å². The highest BCUT2D eigenvalue weighted by atomic mass is 79.9. The minimum absolute atomic E-state index is 0.582. The van der Waals surface area contributed by atoms with Crippen LogP contribution in [0.3, 0.4) is 0 Å². The minimum atomic E-state index is -0.622. The number of quaternary nitrogens is 1. The maximum atomic E-state index is 5.82. The lowest BCUT2D eigenvalue weighted by Crippen LogP contribution is -2.69. The molecule has 0 aromatic rings. The molecule has 0 aliphatic heterocycles. The van der Waals surface area contributed by atoms with Crippen molar-refractivity contribution in [3.63, 3.8) is 0 Å². The monoisotopic (exact) mass is 210 g/mol. The van der Waals surface area contributed by atoms with Crippen LogP contribution in [0, 0.1) is 0 Å². The first kappa shape index (κ1) is 10.4. The zero-order valence-electron chi connectivity index (χ0n) is 6.89. The summed E-state index contributed by atoms with van der Waals surface area (Å²) < 4.78 is 0.582. The number of nitrogens with zero attached hydrogens (tertiary/aromatic N) is 1. The minimum Gasteiger partial charge on any atom is -0.301 e. The summed E-state index contributed by atoms with van der Waals surface area (Å²) in [5, 5.41) is 0.843. The highest BCUT2D eigenvalue weighted by molar-refractivity contribution is 9.09. The second kappa shape index (κ2) is 3.17. The summed E-state index contributed by atoms with van der Waals surface area (Å²) in [5.74, 6) is -0.622. The summed E-state index contributed by atoms with van der Waals surface area (Å²) in [6.07, 6.45) is 0.774. The first-order valence-corrected chi connectivity index (χ1v) is 4.38. The molecule has 0 aromatic heterocycles. The molecule has 0 heterocycles. The van der Waals surface area contributed by atoms with Crippen molar-refractivity contribution in [2.24, 2.45) is 11.5 Å². The molecule has 0 saturated heterocycles. The molecule has 10 heavy (non-hydrogen) atoms. The van der Waals surface area contributed by atoms with Crippen molar-refractivity contribution in [1.29, 1.82) is 0 Å². The van der Waals surface area contributed by atoms with Crippen LogP contribution in [0.25, 0.3) is 0 Å². The fraction of sp³-hybridized carbons (Fsp3) is 1.00. The maximum Gasteiger partial charge on any atom is 0.205 e. The van der Waals surface area contributed by atoms with Crippen LogP contribution in [-0.2, 0) is 0 Å². The van der Waals surface area contributed by atoms with Gasteiger partial charge < -0.3 is 4.48 Å². The van der Waals surface area contributed by atoms with Crippen LogP contribution in [0.1, 0.15) is 6.42 Å². The molecular weight excluding hydrogens is 194 g/mol. The number of nitrogens with two attached hydrogens (primary N) is 2. The third-order valence-electron chi connectivity index (χ3n) is 1.74. The van der Waals surface area contributed by atoms with Gasteiger partial charge >= 0.3 is 0 Å². The molecule has 0 aromatic carbocycles. The van der Waals surface area contributed by atoms with Gasteiger partial charge in [-0.2, -0.15) is 0 Å². The van der Waals surface area contributed by atoms with Gasteiger partial charge in [-0.25, -0.2) is 0 Å². The molecule has 3 nitrogen and oxygen atoms in total. The van der Waals surface area contributed by atoms with E-state index in [1.807, 2.05) is 21.1 Å². The lowest BCUT2D eigenvalue weighted by molar-refractivity contribution is -0.923. The lowest BCUT2D eigenvalue weighted by Gasteiger charge is -2.39. The van der Waals surface area contributed by atoms with Gasteiger partial charge in [0.05, 0.1) is 21.1 Å². The Bertz CT molecular complexity index is 106. The molecule has 0 rings (SSSR count). The molecule has 0 spiro atoms. The van der Waals surface area contributed by atoms with Crippen molar-refractivity contribution < 1.29 is 4.48 Å². The van der Waals surface area contributed by atoms with Gasteiger partial charge in [-0.05, 0) is 0 Å². The van der Waals surface area contributed by atoms with Gasteiger partial charge in [0.1, 0.15) is 0 Å². The van der Waals surface area contributed by atoms with Crippen LogP contribution >= 0.6 is 15.9 Å². The number of hydrogen-bond donors (Lipinski definition) is 2. The molecule has 0 saturated carbocycles.